The van der Waals surface area contributed by atoms with Crippen LogP contribution in [0.4, 0.5) is 5.69 Å². The number of carbonyl (C=O) groups is 1. The fourth-order valence-corrected chi connectivity index (χ4v) is 4.83. The highest BCUT2D eigenvalue weighted by atomic mass is 32.1. The minimum Gasteiger partial charge on any atom is -0.494 e. The molecular weight excluding hydrogens is 446 g/mol. The van der Waals surface area contributed by atoms with Crippen LogP contribution in [0.3, 0.4) is 0 Å². The van der Waals surface area contributed by atoms with Crippen LogP contribution < -0.4 is 15.6 Å². The third-order valence-corrected chi connectivity index (χ3v) is 6.46. The number of nitrogens with zero attached hydrogens (tertiary/aromatic N) is 2. The molecule has 6 nitrogen and oxygen atoms in total. The van der Waals surface area contributed by atoms with Gasteiger partial charge in [0.2, 0.25) is 5.91 Å². The maximum atomic E-state index is 13.3. The summed E-state index contributed by atoms with van der Waals surface area (Å²) >= 11 is 1.42. The Morgan fingerprint density at radius 3 is 2.68 bits per heavy atom. The van der Waals surface area contributed by atoms with Gasteiger partial charge in [-0.25, -0.2) is 4.98 Å². The van der Waals surface area contributed by atoms with E-state index in [9.17, 15) is 9.59 Å². The summed E-state index contributed by atoms with van der Waals surface area (Å²) in [6.45, 7) is 2.60. The number of rotatable bonds is 7. The first-order valence-electron chi connectivity index (χ1n) is 11.1. The standard InChI is InChI=1S/C27H23N3O3S/c1-2-14-33-20-12-10-19(11-13-20)22-16-34-26-25(22)27(32)30(17-28-26)15-24(31)29-23-9-5-7-18-6-3-4-8-21(18)23/h3-13,16-17H,2,14-15H2,1H3,(H,29,31). The summed E-state index contributed by atoms with van der Waals surface area (Å²) < 4.78 is 7.02. The quantitative estimate of drug-likeness (QED) is 0.332. The summed E-state index contributed by atoms with van der Waals surface area (Å²) in [4.78, 5) is 31.2. The van der Waals surface area contributed by atoms with Gasteiger partial charge < -0.3 is 10.1 Å². The molecular formula is C27H23N3O3S. The van der Waals surface area contributed by atoms with Crippen molar-refractivity contribution in [2.45, 2.75) is 19.9 Å². The molecule has 7 heteroatoms. The second-order valence-corrected chi connectivity index (χ2v) is 8.81. The van der Waals surface area contributed by atoms with Crippen molar-refractivity contribution >= 4 is 43.9 Å². The van der Waals surface area contributed by atoms with Gasteiger partial charge in [0.15, 0.2) is 0 Å². The van der Waals surface area contributed by atoms with Gasteiger partial charge >= 0.3 is 0 Å². The lowest BCUT2D eigenvalue weighted by atomic mass is 10.1. The molecule has 0 aliphatic rings. The molecule has 2 heterocycles. The first kappa shape index (κ1) is 21.9. The Morgan fingerprint density at radius 2 is 1.85 bits per heavy atom. The average Bonchev–Trinajstić information content (AvgIpc) is 3.30. The first-order chi connectivity index (χ1) is 16.6. The summed E-state index contributed by atoms with van der Waals surface area (Å²) in [7, 11) is 0. The van der Waals surface area contributed by atoms with Crippen LogP contribution in [-0.4, -0.2) is 22.1 Å². The fourth-order valence-electron chi connectivity index (χ4n) is 3.92. The molecule has 1 amide bonds. The highest BCUT2D eigenvalue weighted by molar-refractivity contribution is 7.17. The number of anilines is 1. The second kappa shape index (κ2) is 9.49. The van der Waals surface area contributed by atoms with Crippen molar-refractivity contribution < 1.29 is 9.53 Å². The van der Waals surface area contributed by atoms with E-state index in [0.717, 1.165) is 34.1 Å². The predicted molar refractivity (Wildman–Crippen MR) is 138 cm³/mol. The van der Waals surface area contributed by atoms with Gasteiger partial charge in [0.25, 0.3) is 5.56 Å². The fraction of sp³-hybridized carbons (Fsp3) is 0.148. The number of carbonyl (C=O) groups excluding carboxylic acids is 1. The molecule has 5 rings (SSSR count). The van der Waals surface area contributed by atoms with Crippen LogP contribution in [0.5, 0.6) is 5.75 Å². The summed E-state index contributed by atoms with van der Waals surface area (Å²) in [5.74, 6) is 0.514. The number of thiophene rings is 1. The van der Waals surface area contributed by atoms with Crippen molar-refractivity contribution in [1.82, 2.24) is 9.55 Å². The van der Waals surface area contributed by atoms with Crippen molar-refractivity contribution in [3.63, 3.8) is 0 Å². The van der Waals surface area contributed by atoms with Crippen LogP contribution in [0.2, 0.25) is 0 Å². The first-order valence-corrected chi connectivity index (χ1v) is 12.0. The molecule has 0 spiro atoms. The zero-order valence-corrected chi connectivity index (χ0v) is 19.5. The zero-order chi connectivity index (χ0) is 23.5. The molecule has 0 saturated heterocycles. The van der Waals surface area contributed by atoms with E-state index in [0.29, 0.717) is 22.5 Å². The molecule has 0 saturated carbocycles. The van der Waals surface area contributed by atoms with Gasteiger partial charge in [0.05, 0.1) is 18.3 Å². The average molecular weight is 470 g/mol. The van der Waals surface area contributed by atoms with Crippen LogP contribution in [0.15, 0.2) is 83.2 Å². The number of amides is 1. The van der Waals surface area contributed by atoms with Crippen molar-refractivity contribution in [3.8, 4) is 16.9 Å². The lowest BCUT2D eigenvalue weighted by Gasteiger charge is -2.10. The van der Waals surface area contributed by atoms with E-state index in [1.165, 1.54) is 22.2 Å². The number of hydrogen-bond acceptors (Lipinski definition) is 5. The minimum atomic E-state index is -0.284. The Labute approximate surface area is 200 Å². The Bertz CT molecular complexity index is 1530. The van der Waals surface area contributed by atoms with Crippen molar-refractivity contribution in [2.24, 2.45) is 0 Å². The Kier molecular flexibility index (Phi) is 6.10. The van der Waals surface area contributed by atoms with E-state index in [4.69, 9.17) is 4.74 Å². The van der Waals surface area contributed by atoms with Gasteiger partial charge in [-0.15, -0.1) is 11.3 Å². The van der Waals surface area contributed by atoms with Crippen LogP contribution in [0.1, 0.15) is 13.3 Å². The molecule has 0 aliphatic heterocycles. The van der Waals surface area contributed by atoms with Crippen LogP contribution in [0, 0.1) is 0 Å². The van der Waals surface area contributed by atoms with E-state index in [-0.39, 0.29) is 18.0 Å². The SMILES string of the molecule is CCCOc1ccc(-c2csc3ncn(CC(=O)Nc4cccc5ccccc45)c(=O)c23)cc1. The summed E-state index contributed by atoms with van der Waals surface area (Å²) in [6, 6.07) is 21.3. The topological polar surface area (TPSA) is 73.2 Å². The molecule has 0 radical (unpaired) electrons. The Balaban J connectivity index is 1.42. The number of fused-ring (bicyclic) bond motifs is 2. The van der Waals surface area contributed by atoms with E-state index < -0.39 is 0 Å². The third kappa shape index (κ3) is 4.30. The molecule has 2 aromatic heterocycles. The molecule has 5 aromatic rings. The Morgan fingerprint density at radius 1 is 1.06 bits per heavy atom. The van der Waals surface area contributed by atoms with Crippen LogP contribution in [0.25, 0.3) is 32.1 Å². The van der Waals surface area contributed by atoms with Crippen LogP contribution >= 0.6 is 11.3 Å². The number of hydrogen-bond donors (Lipinski definition) is 1. The van der Waals surface area contributed by atoms with Crippen molar-refractivity contribution in [3.05, 3.63) is 88.8 Å². The lowest BCUT2D eigenvalue weighted by Crippen LogP contribution is -2.27. The molecule has 0 bridgehead atoms. The largest absolute Gasteiger partial charge is 0.494 e. The Hall–Kier alpha value is -3.97. The molecule has 170 valence electrons. The van der Waals surface area contributed by atoms with Gasteiger partial charge in [-0.1, -0.05) is 55.5 Å². The predicted octanol–water partition coefficient (Wildman–Crippen LogP) is 5.71. The summed E-state index contributed by atoms with van der Waals surface area (Å²) in [5, 5.41) is 7.37. The number of benzene rings is 3. The maximum absolute atomic E-state index is 13.3. The second-order valence-electron chi connectivity index (χ2n) is 7.95. The third-order valence-electron chi connectivity index (χ3n) is 5.58. The highest BCUT2D eigenvalue weighted by Crippen LogP contribution is 2.31. The van der Waals surface area contributed by atoms with E-state index in [2.05, 4.69) is 17.2 Å². The van der Waals surface area contributed by atoms with Gasteiger partial charge in [-0.05, 0) is 35.6 Å². The normalized spacial score (nSPS) is 11.1. The molecule has 3 aromatic carbocycles. The molecule has 0 atom stereocenters. The smallest absolute Gasteiger partial charge is 0.263 e. The van der Waals surface area contributed by atoms with Gasteiger partial charge in [-0.3, -0.25) is 14.2 Å². The van der Waals surface area contributed by atoms with E-state index >= 15 is 0 Å². The number of ether oxygens (including phenoxy) is 1. The van der Waals surface area contributed by atoms with Crippen molar-refractivity contribution in [2.75, 3.05) is 11.9 Å². The summed E-state index contributed by atoms with van der Waals surface area (Å²) in [6.07, 6.45) is 2.38. The number of nitrogens with one attached hydrogen (secondary N) is 1. The molecule has 0 unspecified atom stereocenters. The molecule has 0 aliphatic carbocycles. The highest BCUT2D eigenvalue weighted by Gasteiger charge is 2.15. The van der Waals surface area contributed by atoms with Gasteiger partial charge in [-0.2, -0.15) is 0 Å². The molecule has 1 N–H and O–H groups in total. The minimum absolute atomic E-state index is 0.121. The monoisotopic (exact) mass is 469 g/mol. The molecule has 0 fully saturated rings. The van der Waals surface area contributed by atoms with Gasteiger partial charge in [0.1, 0.15) is 17.1 Å². The summed E-state index contributed by atoms with van der Waals surface area (Å²) in [5.41, 5.74) is 2.20. The number of aromatic nitrogens is 2. The van der Waals surface area contributed by atoms with E-state index in [1.54, 1.807) is 0 Å². The zero-order valence-electron chi connectivity index (χ0n) is 18.7. The molecule has 34 heavy (non-hydrogen) atoms. The lowest BCUT2D eigenvalue weighted by molar-refractivity contribution is -0.116. The maximum Gasteiger partial charge on any atom is 0.263 e. The van der Waals surface area contributed by atoms with Crippen molar-refractivity contribution in [1.29, 1.82) is 0 Å². The van der Waals surface area contributed by atoms with Gasteiger partial charge in [0, 0.05) is 22.0 Å². The van der Waals surface area contributed by atoms with Crippen LogP contribution in [-0.2, 0) is 11.3 Å². The van der Waals surface area contributed by atoms with E-state index in [1.807, 2.05) is 72.1 Å².